The molecule has 2 heterocycles. The van der Waals surface area contributed by atoms with Crippen LogP contribution in [0.2, 0.25) is 0 Å². The van der Waals surface area contributed by atoms with Crippen LogP contribution in [0.4, 0.5) is 10.1 Å². The zero-order chi connectivity index (χ0) is 24.5. The average Bonchev–Trinajstić information content (AvgIpc) is 3.27. The lowest BCUT2D eigenvalue weighted by Crippen LogP contribution is -2.33. The van der Waals surface area contributed by atoms with Crippen LogP contribution in [0.25, 0.3) is 10.9 Å². The molecule has 34 heavy (non-hydrogen) atoms. The summed E-state index contributed by atoms with van der Waals surface area (Å²) in [6.45, 7) is 6.63. The Balaban J connectivity index is 1.58. The number of carbonyl (C=O) groups is 1. The lowest BCUT2D eigenvalue weighted by Gasteiger charge is -2.20. The number of aromatic nitrogens is 1. The molecule has 1 fully saturated rings. The largest absolute Gasteiger partial charge is 0.352 e. The first kappa shape index (κ1) is 23.9. The molecule has 0 radical (unpaired) electrons. The Morgan fingerprint density at radius 3 is 2.59 bits per heavy atom. The highest BCUT2D eigenvalue weighted by molar-refractivity contribution is 7.92. The van der Waals surface area contributed by atoms with Crippen molar-refractivity contribution in [3.63, 3.8) is 0 Å². The van der Waals surface area contributed by atoms with Crippen LogP contribution in [0.5, 0.6) is 0 Å². The Hall–Kier alpha value is -3.24. The summed E-state index contributed by atoms with van der Waals surface area (Å²) in [5.41, 5.74) is 0.207. The maximum absolute atomic E-state index is 13.1. The second-order valence-electron chi connectivity index (χ2n) is 8.82. The molecule has 1 aliphatic rings. The number of likely N-dealkylation sites (tertiary alicyclic amines) is 1. The van der Waals surface area contributed by atoms with Gasteiger partial charge < -0.3 is 15.2 Å². The second kappa shape index (κ2) is 9.55. The molecule has 0 spiro atoms. The molecule has 0 bridgehead atoms. The van der Waals surface area contributed by atoms with Gasteiger partial charge in [0.1, 0.15) is 5.82 Å². The molecule has 1 unspecified atom stereocenters. The van der Waals surface area contributed by atoms with Crippen molar-refractivity contribution in [3.8, 4) is 0 Å². The quantitative estimate of drug-likeness (QED) is 0.476. The van der Waals surface area contributed by atoms with Crippen molar-refractivity contribution < 1.29 is 17.6 Å². The van der Waals surface area contributed by atoms with Gasteiger partial charge in [0.2, 0.25) is 5.56 Å². The molecule has 4 rings (SSSR count). The number of nitrogens with one attached hydrogen (secondary N) is 3. The maximum atomic E-state index is 13.1. The van der Waals surface area contributed by atoms with Gasteiger partial charge in [0.25, 0.3) is 15.9 Å². The molecule has 2 aromatic carbocycles. The van der Waals surface area contributed by atoms with Gasteiger partial charge in [-0.3, -0.25) is 14.3 Å². The molecule has 0 aliphatic carbocycles. The number of aromatic amines is 1. The number of anilines is 1. The minimum atomic E-state index is -4.01. The minimum Gasteiger partial charge on any atom is -0.352 e. The Morgan fingerprint density at radius 1 is 1.18 bits per heavy atom. The fraction of sp³-hybridized carbons (Fsp3) is 0.333. The number of halogens is 1. The van der Waals surface area contributed by atoms with E-state index in [-0.39, 0.29) is 16.1 Å². The van der Waals surface area contributed by atoms with E-state index in [0.29, 0.717) is 29.4 Å². The topological polar surface area (TPSA) is 111 Å². The fourth-order valence-corrected chi connectivity index (χ4v) is 5.23. The molecule has 3 aromatic rings. The lowest BCUT2D eigenvalue weighted by atomic mass is 10.1. The van der Waals surface area contributed by atoms with Crippen molar-refractivity contribution in [2.24, 2.45) is 5.92 Å². The van der Waals surface area contributed by atoms with Gasteiger partial charge in [-0.1, -0.05) is 0 Å². The van der Waals surface area contributed by atoms with Crippen molar-refractivity contribution in [1.29, 1.82) is 0 Å². The lowest BCUT2D eigenvalue weighted by molar-refractivity contribution is 0.0948. The number of nitrogens with zero attached hydrogens (tertiary/aromatic N) is 1. The van der Waals surface area contributed by atoms with E-state index in [2.05, 4.69) is 33.8 Å². The van der Waals surface area contributed by atoms with Crippen molar-refractivity contribution in [1.82, 2.24) is 15.2 Å². The number of benzene rings is 2. The number of H-pyrrole nitrogens is 1. The van der Waals surface area contributed by atoms with E-state index in [4.69, 9.17) is 0 Å². The highest BCUT2D eigenvalue weighted by Crippen LogP contribution is 2.23. The van der Waals surface area contributed by atoms with Gasteiger partial charge in [0.15, 0.2) is 0 Å². The summed E-state index contributed by atoms with van der Waals surface area (Å²) in [5, 5.41) is 3.22. The van der Waals surface area contributed by atoms with Crippen LogP contribution in [-0.2, 0) is 10.0 Å². The molecular formula is C24H27FN4O4S. The van der Waals surface area contributed by atoms with Gasteiger partial charge in [-0.15, -0.1) is 0 Å². The van der Waals surface area contributed by atoms with Gasteiger partial charge in [-0.2, -0.15) is 0 Å². The summed E-state index contributed by atoms with van der Waals surface area (Å²) in [7, 11) is -4.01. The normalized spacial score (nSPS) is 16.8. The van der Waals surface area contributed by atoms with Gasteiger partial charge in [-0.05, 0) is 75.2 Å². The van der Waals surface area contributed by atoms with E-state index in [1.54, 1.807) is 0 Å². The molecule has 1 amide bonds. The Bertz CT molecular complexity index is 1370. The molecule has 1 atom stereocenters. The first-order valence-corrected chi connectivity index (χ1v) is 12.6. The van der Waals surface area contributed by atoms with Gasteiger partial charge in [-0.25, -0.2) is 12.8 Å². The van der Waals surface area contributed by atoms with Crippen LogP contribution in [-0.4, -0.2) is 49.9 Å². The maximum Gasteiger partial charge on any atom is 0.261 e. The molecule has 8 nitrogen and oxygen atoms in total. The number of pyridine rings is 1. The van der Waals surface area contributed by atoms with Crippen molar-refractivity contribution in [2.45, 2.75) is 31.2 Å². The van der Waals surface area contributed by atoms with Crippen molar-refractivity contribution in [3.05, 3.63) is 70.3 Å². The third kappa shape index (κ3) is 5.28. The van der Waals surface area contributed by atoms with Crippen molar-refractivity contribution >= 4 is 32.5 Å². The van der Waals surface area contributed by atoms with Crippen LogP contribution < -0.4 is 15.6 Å². The van der Waals surface area contributed by atoms with Crippen LogP contribution in [0.15, 0.2) is 58.2 Å². The number of fused-ring (bicyclic) bond motifs is 1. The standard InChI is InChI=1S/C24H27FN4O4S/c1-15(2)29-10-9-16(14-29)13-26-24(31)21-12-23(30)27-22-8-7-19(11-20(21)22)34(32,33)28-18-5-3-17(25)4-6-18/h3-8,11-12,15-16,28H,9-10,13-14H2,1-2H3,(H,26,31)(H,27,30). The fourth-order valence-electron chi connectivity index (χ4n) is 4.15. The van der Waals surface area contributed by atoms with E-state index < -0.39 is 27.3 Å². The number of amides is 1. The molecule has 1 saturated heterocycles. The van der Waals surface area contributed by atoms with E-state index >= 15 is 0 Å². The zero-order valence-electron chi connectivity index (χ0n) is 19.0. The predicted molar refractivity (Wildman–Crippen MR) is 129 cm³/mol. The molecule has 10 heteroatoms. The smallest absolute Gasteiger partial charge is 0.261 e. The third-order valence-corrected chi connectivity index (χ3v) is 7.44. The number of hydrogen-bond donors (Lipinski definition) is 3. The number of rotatable bonds is 7. The van der Waals surface area contributed by atoms with Gasteiger partial charge >= 0.3 is 0 Å². The van der Waals surface area contributed by atoms with E-state index in [1.807, 2.05) is 0 Å². The second-order valence-corrected chi connectivity index (χ2v) is 10.5. The van der Waals surface area contributed by atoms with Crippen LogP contribution in [0, 0.1) is 11.7 Å². The summed E-state index contributed by atoms with van der Waals surface area (Å²) in [4.78, 5) is 30.0. The van der Waals surface area contributed by atoms with Gasteiger partial charge in [0.05, 0.1) is 10.5 Å². The molecule has 3 N–H and O–H groups in total. The molecule has 0 saturated carbocycles. The van der Waals surface area contributed by atoms with E-state index in [1.165, 1.54) is 36.4 Å². The highest BCUT2D eigenvalue weighted by Gasteiger charge is 2.25. The molecule has 1 aromatic heterocycles. The highest BCUT2D eigenvalue weighted by atomic mass is 32.2. The summed E-state index contributed by atoms with van der Waals surface area (Å²) in [6.07, 6.45) is 0.978. The average molecular weight is 487 g/mol. The number of hydrogen-bond acceptors (Lipinski definition) is 5. The van der Waals surface area contributed by atoms with Crippen LogP contribution in [0.3, 0.4) is 0 Å². The van der Waals surface area contributed by atoms with E-state index in [0.717, 1.165) is 31.6 Å². The molecular weight excluding hydrogens is 459 g/mol. The summed E-state index contributed by atoms with van der Waals surface area (Å²) in [5.74, 6) is -0.599. The summed E-state index contributed by atoms with van der Waals surface area (Å²) >= 11 is 0. The molecule has 180 valence electrons. The first-order chi connectivity index (χ1) is 16.1. The van der Waals surface area contributed by atoms with Crippen LogP contribution >= 0.6 is 0 Å². The summed E-state index contributed by atoms with van der Waals surface area (Å²) < 4.78 is 41.3. The minimum absolute atomic E-state index is 0.0891. The predicted octanol–water partition coefficient (Wildman–Crippen LogP) is 2.93. The monoisotopic (exact) mass is 486 g/mol. The Morgan fingerprint density at radius 2 is 1.91 bits per heavy atom. The van der Waals surface area contributed by atoms with E-state index in [9.17, 15) is 22.4 Å². The van der Waals surface area contributed by atoms with Gasteiger partial charge in [0, 0.05) is 41.8 Å². The van der Waals surface area contributed by atoms with Crippen molar-refractivity contribution in [2.75, 3.05) is 24.4 Å². The summed E-state index contributed by atoms with van der Waals surface area (Å²) in [6, 6.07) is 10.7. The SMILES string of the molecule is CC(C)N1CCC(CNC(=O)c2cc(=O)[nH]c3ccc(S(=O)(=O)Nc4ccc(F)cc4)cc23)C1. The zero-order valence-corrected chi connectivity index (χ0v) is 19.8. The first-order valence-electron chi connectivity index (χ1n) is 11.1. The van der Waals surface area contributed by atoms with Crippen LogP contribution in [0.1, 0.15) is 30.6 Å². The third-order valence-electron chi connectivity index (χ3n) is 6.06. The number of sulfonamides is 1. The Labute approximate surface area is 197 Å². The molecule has 1 aliphatic heterocycles. The number of carbonyl (C=O) groups excluding carboxylic acids is 1. The Kier molecular flexibility index (Phi) is 6.72.